The Labute approximate surface area is 131 Å². The van der Waals surface area contributed by atoms with Crippen molar-refractivity contribution in [3.63, 3.8) is 0 Å². The number of nitrogens with one attached hydrogen (secondary N) is 2. The van der Waals surface area contributed by atoms with Crippen molar-refractivity contribution >= 4 is 21.6 Å². The molecule has 0 aliphatic carbocycles. The topological polar surface area (TPSA) is 84.5 Å². The van der Waals surface area contributed by atoms with E-state index in [4.69, 9.17) is 4.74 Å². The van der Waals surface area contributed by atoms with Crippen LogP contribution in [0, 0.1) is 5.92 Å². The van der Waals surface area contributed by atoms with Crippen LogP contribution in [0.15, 0.2) is 29.2 Å². The highest BCUT2D eigenvalue weighted by Crippen LogP contribution is 2.18. The fourth-order valence-electron chi connectivity index (χ4n) is 2.44. The third kappa shape index (κ3) is 5.08. The zero-order valence-corrected chi connectivity index (χ0v) is 13.5. The number of ether oxygens (including phenoxy) is 1. The molecule has 1 fully saturated rings. The molecule has 1 amide bonds. The molecule has 0 bridgehead atoms. The lowest BCUT2D eigenvalue weighted by molar-refractivity contribution is -0.114. The van der Waals surface area contributed by atoms with Gasteiger partial charge < -0.3 is 10.1 Å². The first-order chi connectivity index (χ1) is 10.5. The second kappa shape index (κ2) is 7.71. The van der Waals surface area contributed by atoms with Crippen molar-refractivity contribution in [1.82, 2.24) is 4.72 Å². The molecule has 0 aromatic heterocycles. The number of benzene rings is 1. The predicted molar refractivity (Wildman–Crippen MR) is 84.1 cm³/mol. The summed E-state index contributed by atoms with van der Waals surface area (Å²) < 4.78 is 32.3. The van der Waals surface area contributed by atoms with Crippen LogP contribution in [0.1, 0.15) is 26.2 Å². The molecule has 0 spiro atoms. The molecule has 1 aromatic rings. The fourth-order valence-corrected chi connectivity index (χ4v) is 3.48. The lowest BCUT2D eigenvalue weighted by Gasteiger charge is -2.21. The minimum atomic E-state index is -3.50. The van der Waals surface area contributed by atoms with Crippen LogP contribution in [0.3, 0.4) is 0 Å². The van der Waals surface area contributed by atoms with E-state index < -0.39 is 10.0 Å². The minimum Gasteiger partial charge on any atom is -0.381 e. The van der Waals surface area contributed by atoms with Gasteiger partial charge in [-0.3, -0.25) is 4.79 Å². The third-order valence-corrected chi connectivity index (χ3v) is 5.15. The van der Waals surface area contributed by atoms with Gasteiger partial charge in [0.2, 0.25) is 15.9 Å². The zero-order valence-electron chi connectivity index (χ0n) is 12.7. The first-order valence-corrected chi connectivity index (χ1v) is 8.91. The van der Waals surface area contributed by atoms with Crippen LogP contribution in [-0.2, 0) is 19.6 Å². The molecular formula is C15H22N2O4S. The summed E-state index contributed by atoms with van der Waals surface area (Å²) in [6.45, 7) is 3.37. The second-order valence-corrected chi connectivity index (χ2v) is 7.21. The molecule has 6 nitrogen and oxygen atoms in total. The lowest BCUT2D eigenvalue weighted by atomic mass is 9.97. The number of rotatable bonds is 6. The Morgan fingerprint density at radius 3 is 2.45 bits per heavy atom. The van der Waals surface area contributed by atoms with Crippen molar-refractivity contribution in [1.29, 1.82) is 0 Å². The van der Waals surface area contributed by atoms with Gasteiger partial charge in [-0.1, -0.05) is 0 Å². The largest absolute Gasteiger partial charge is 0.381 e. The zero-order chi connectivity index (χ0) is 16.0. The Morgan fingerprint density at radius 2 is 1.86 bits per heavy atom. The molecule has 1 aliphatic rings. The second-order valence-electron chi connectivity index (χ2n) is 5.45. The number of carbonyl (C=O) groups is 1. The van der Waals surface area contributed by atoms with Crippen LogP contribution in [0.5, 0.6) is 0 Å². The predicted octanol–water partition coefficient (Wildman–Crippen LogP) is 1.74. The summed E-state index contributed by atoms with van der Waals surface area (Å²) in [5.74, 6) is 0.337. The van der Waals surface area contributed by atoms with Crippen LogP contribution in [-0.4, -0.2) is 34.1 Å². The van der Waals surface area contributed by atoms with Crippen molar-refractivity contribution in [3.05, 3.63) is 24.3 Å². The molecule has 7 heteroatoms. The van der Waals surface area contributed by atoms with E-state index >= 15 is 0 Å². The lowest BCUT2D eigenvalue weighted by Crippen LogP contribution is -2.27. The number of carbonyl (C=O) groups excluding carboxylic acids is 1. The maximum absolute atomic E-state index is 12.2. The molecule has 1 aliphatic heterocycles. The third-order valence-electron chi connectivity index (χ3n) is 3.67. The summed E-state index contributed by atoms with van der Waals surface area (Å²) >= 11 is 0. The SMILES string of the molecule is CC(=O)Nc1ccc(S(=O)(=O)NCCC2CCOCC2)cc1. The number of anilines is 1. The van der Waals surface area contributed by atoms with Gasteiger partial charge >= 0.3 is 0 Å². The maximum atomic E-state index is 12.2. The quantitative estimate of drug-likeness (QED) is 0.834. The van der Waals surface area contributed by atoms with Gasteiger partial charge in [0.25, 0.3) is 0 Å². The van der Waals surface area contributed by atoms with E-state index in [0.29, 0.717) is 18.2 Å². The Kier molecular flexibility index (Phi) is 5.93. The van der Waals surface area contributed by atoms with Crippen LogP contribution >= 0.6 is 0 Å². The van der Waals surface area contributed by atoms with E-state index in [9.17, 15) is 13.2 Å². The number of sulfonamides is 1. The molecule has 0 atom stereocenters. The summed E-state index contributed by atoms with van der Waals surface area (Å²) in [7, 11) is -3.50. The smallest absolute Gasteiger partial charge is 0.240 e. The fraction of sp³-hybridized carbons (Fsp3) is 0.533. The van der Waals surface area contributed by atoms with Gasteiger partial charge in [0.1, 0.15) is 0 Å². The van der Waals surface area contributed by atoms with Crippen LogP contribution in [0.2, 0.25) is 0 Å². The highest BCUT2D eigenvalue weighted by molar-refractivity contribution is 7.89. The summed E-state index contributed by atoms with van der Waals surface area (Å²) in [6, 6.07) is 6.13. The van der Waals surface area contributed by atoms with Crippen LogP contribution < -0.4 is 10.0 Å². The maximum Gasteiger partial charge on any atom is 0.240 e. The Balaban J connectivity index is 1.87. The van der Waals surface area contributed by atoms with Crippen molar-refractivity contribution < 1.29 is 17.9 Å². The van der Waals surface area contributed by atoms with Crippen molar-refractivity contribution in [2.45, 2.75) is 31.1 Å². The summed E-state index contributed by atoms with van der Waals surface area (Å²) in [6.07, 6.45) is 2.81. The van der Waals surface area contributed by atoms with Crippen LogP contribution in [0.4, 0.5) is 5.69 Å². The molecule has 1 saturated heterocycles. The Morgan fingerprint density at radius 1 is 1.23 bits per heavy atom. The molecule has 0 saturated carbocycles. The highest BCUT2D eigenvalue weighted by Gasteiger charge is 2.17. The molecule has 1 heterocycles. The van der Waals surface area contributed by atoms with Gasteiger partial charge in [0.15, 0.2) is 0 Å². The molecular weight excluding hydrogens is 304 g/mol. The van der Waals surface area contributed by atoms with E-state index in [1.165, 1.54) is 19.1 Å². The summed E-state index contributed by atoms with van der Waals surface area (Å²) in [4.78, 5) is 11.1. The van der Waals surface area contributed by atoms with Gasteiger partial charge in [-0.15, -0.1) is 0 Å². The van der Waals surface area contributed by atoms with Crippen LogP contribution in [0.25, 0.3) is 0 Å². The number of hydrogen-bond donors (Lipinski definition) is 2. The van der Waals surface area contributed by atoms with Gasteiger partial charge in [0, 0.05) is 32.4 Å². The van der Waals surface area contributed by atoms with Crippen molar-refractivity contribution in [2.24, 2.45) is 5.92 Å². The van der Waals surface area contributed by atoms with E-state index in [0.717, 1.165) is 32.5 Å². The Hall–Kier alpha value is -1.44. The molecule has 122 valence electrons. The van der Waals surface area contributed by atoms with E-state index in [-0.39, 0.29) is 10.8 Å². The molecule has 0 unspecified atom stereocenters. The monoisotopic (exact) mass is 326 g/mol. The van der Waals surface area contributed by atoms with Gasteiger partial charge in [-0.25, -0.2) is 13.1 Å². The van der Waals surface area contributed by atoms with Gasteiger partial charge in [-0.2, -0.15) is 0 Å². The average molecular weight is 326 g/mol. The molecule has 1 aromatic carbocycles. The minimum absolute atomic E-state index is 0.190. The number of hydrogen-bond acceptors (Lipinski definition) is 4. The molecule has 2 N–H and O–H groups in total. The molecule has 2 rings (SSSR count). The first-order valence-electron chi connectivity index (χ1n) is 7.42. The van der Waals surface area contributed by atoms with E-state index in [2.05, 4.69) is 10.0 Å². The van der Waals surface area contributed by atoms with Crippen molar-refractivity contribution in [2.75, 3.05) is 25.1 Å². The highest BCUT2D eigenvalue weighted by atomic mass is 32.2. The average Bonchev–Trinajstić information content (AvgIpc) is 2.48. The molecule has 22 heavy (non-hydrogen) atoms. The summed E-state index contributed by atoms with van der Waals surface area (Å²) in [5.41, 5.74) is 0.577. The van der Waals surface area contributed by atoms with E-state index in [1.54, 1.807) is 12.1 Å². The first kappa shape index (κ1) is 16.9. The normalized spacial score (nSPS) is 16.4. The van der Waals surface area contributed by atoms with Gasteiger partial charge in [0.05, 0.1) is 4.90 Å². The van der Waals surface area contributed by atoms with E-state index in [1.807, 2.05) is 0 Å². The Bertz CT molecular complexity index is 592. The standard InChI is InChI=1S/C15H22N2O4S/c1-12(18)17-14-2-4-15(5-3-14)22(19,20)16-9-6-13-7-10-21-11-8-13/h2-5,13,16H,6-11H2,1H3,(H,17,18). The van der Waals surface area contributed by atoms with Crippen molar-refractivity contribution in [3.8, 4) is 0 Å². The summed E-state index contributed by atoms with van der Waals surface area (Å²) in [5, 5.41) is 2.60. The number of amides is 1. The molecule has 0 radical (unpaired) electrons. The van der Waals surface area contributed by atoms with Gasteiger partial charge in [-0.05, 0) is 49.4 Å².